The van der Waals surface area contributed by atoms with Crippen LogP contribution in [0.3, 0.4) is 0 Å². The van der Waals surface area contributed by atoms with E-state index in [2.05, 4.69) is 70.9 Å². The molecule has 9 heteroatoms. The quantitative estimate of drug-likeness (QED) is 0.429. The number of rotatable bonds is 6. The van der Waals surface area contributed by atoms with Crippen molar-refractivity contribution in [3.8, 4) is 11.3 Å². The largest absolute Gasteiger partial charge is 0.381 e. The highest BCUT2D eigenvalue weighted by Crippen LogP contribution is 2.22. The summed E-state index contributed by atoms with van der Waals surface area (Å²) in [7, 11) is 0. The number of ether oxygens (including phenoxy) is 1. The number of halogens is 1. The van der Waals surface area contributed by atoms with Gasteiger partial charge in [0.1, 0.15) is 0 Å². The lowest BCUT2D eigenvalue weighted by Gasteiger charge is -2.23. The van der Waals surface area contributed by atoms with Crippen molar-refractivity contribution in [3.63, 3.8) is 0 Å². The van der Waals surface area contributed by atoms with E-state index in [0.717, 1.165) is 53.0 Å². The number of benzene rings is 1. The molecule has 0 unspecified atom stereocenters. The molecule has 1 aliphatic heterocycles. The fourth-order valence-corrected chi connectivity index (χ4v) is 3.91. The van der Waals surface area contributed by atoms with E-state index < -0.39 is 0 Å². The summed E-state index contributed by atoms with van der Waals surface area (Å²) < 4.78 is 7.98. The van der Waals surface area contributed by atoms with Gasteiger partial charge < -0.3 is 15.4 Å². The molecule has 1 saturated heterocycles. The van der Waals surface area contributed by atoms with Gasteiger partial charge in [0.15, 0.2) is 5.65 Å². The van der Waals surface area contributed by atoms with Crippen molar-refractivity contribution in [2.24, 2.45) is 0 Å². The van der Waals surface area contributed by atoms with Crippen LogP contribution in [-0.4, -0.2) is 43.8 Å². The van der Waals surface area contributed by atoms with Crippen LogP contribution in [-0.2, 0) is 11.3 Å². The standard InChI is InChI=1S/C22H22BrN7O/c23-18-14-26-30-20(18)28-21(27-17-8-11-31-12-9-17)29-22(30)25-13-15-4-6-16(7-5-15)19-3-1-2-10-24-19/h1-7,10,14,17H,8-9,11-13H2,(H2,25,27,28,29). The Kier molecular flexibility index (Phi) is 5.77. The molecule has 0 atom stereocenters. The number of hydrogen-bond acceptors (Lipinski definition) is 7. The monoisotopic (exact) mass is 479 g/mol. The lowest BCUT2D eigenvalue weighted by atomic mass is 10.1. The number of pyridine rings is 1. The van der Waals surface area contributed by atoms with Crippen molar-refractivity contribution in [1.82, 2.24) is 24.6 Å². The molecule has 8 nitrogen and oxygen atoms in total. The number of aromatic nitrogens is 5. The van der Waals surface area contributed by atoms with E-state index in [0.29, 0.717) is 24.5 Å². The lowest BCUT2D eigenvalue weighted by Crippen LogP contribution is -2.29. The Balaban J connectivity index is 1.34. The van der Waals surface area contributed by atoms with Gasteiger partial charge >= 0.3 is 0 Å². The molecule has 31 heavy (non-hydrogen) atoms. The number of hydrogen-bond donors (Lipinski definition) is 2. The van der Waals surface area contributed by atoms with Gasteiger partial charge in [-0.3, -0.25) is 4.98 Å². The number of anilines is 2. The molecule has 1 fully saturated rings. The second kappa shape index (κ2) is 8.99. The van der Waals surface area contributed by atoms with Gasteiger partial charge in [-0.05, 0) is 46.5 Å². The Labute approximate surface area is 188 Å². The molecular weight excluding hydrogens is 458 g/mol. The molecule has 4 heterocycles. The number of nitrogens with one attached hydrogen (secondary N) is 2. The molecule has 158 valence electrons. The molecular formula is C22H22BrN7O. The summed E-state index contributed by atoms with van der Waals surface area (Å²) in [4.78, 5) is 13.7. The predicted octanol–water partition coefficient (Wildman–Crippen LogP) is 4.15. The highest BCUT2D eigenvalue weighted by atomic mass is 79.9. The molecule has 1 aliphatic rings. The fraction of sp³-hybridized carbons (Fsp3) is 0.273. The van der Waals surface area contributed by atoms with Gasteiger partial charge in [-0.25, -0.2) is 0 Å². The van der Waals surface area contributed by atoms with Gasteiger partial charge in [0.25, 0.3) is 0 Å². The molecule has 4 aromatic rings. The molecule has 0 spiro atoms. The van der Waals surface area contributed by atoms with Crippen LogP contribution in [0.2, 0.25) is 0 Å². The van der Waals surface area contributed by atoms with Gasteiger partial charge in [-0.1, -0.05) is 30.3 Å². The summed E-state index contributed by atoms with van der Waals surface area (Å²) in [5.41, 5.74) is 3.91. The minimum absolute atomic E-state index is 0.310. The first-order chi connectivity index (χ1) is 15.3. The third kappa shape index (κ3) is 4.52. The zero-order valence-electron chi connectivity index (χ0n) is 16.8. The summed E-state index contributed by atoms with van der Waals surface area (Å²) in [6, 6.07) is 14.6. The number of nitrogens with zero attached hydrogens (tertiary/aromatic N) is 5. The molecule has 0 amide bonds. The van der Waals surface area contributed by atoms with Gasteiger partial charge in [0.2, 0.25) is 11.9 Å². The van der Waals surface area contributed by atoms with Crippen LogP contribution in [0.1, 0.15) is 18.4 Å². The molecule has 0 saturated carbocycles. The maximum Gasteiger partial charge on any atom is 0.229 e. The van der Waals surface area contributed by atoms with E-state index in [1.165, 1.54) is 0 Å². The SMILES string of the molecule is Brc1cnn2c(NCc3ccc(-c4ccccn4)cc3)nc(NC3CCOCC3)nc12. The molecule has 0 radical (unpaired) electrons. The van der Waals surface area contributed by atoms with Crippen LogP contribution in [0.5, 0.6) is 0 Å². The topological polar surface area (TPSA) is 89.3 Å². The maximum atomic E-state index is 5.44. The van der Waals surface area contributed by atoms with E-state index in [1.54, 1.807) is 16.9 Å². The van der Waals surface area contributed by atoms with Crippen LogP contribution in [0.4, 0.5) is 11.9 Å². The smallest absolute Gasteiger partial charge is 0.229 e. The van der Waals surface area contributed by atoms with Crippen molar-refractivity contribution in [3.05, 3.63) is 64.9 Å². The predicted molar refractivity (Wildman–Crippen MR) is 123 cm³/mol. The average Bonchev–Trinajstić information content (AvgIpc) is 3.20. The molecule has 0 bridgehead atoms. The zero-order valence-corrected chi connectivity index (χ0v) is 18.4. The Morgan fingerprint density at radius 1 is 1.06 bits per heavy atom. The minimum atomic E-state index is 0.310. The van der Waals surface area contributed by atoms with Gasteiger partial charge in [0, 0.05) is 37.6 Å². The van der Waals surface area contributed by atoms with Crippen LogP contribution in [0, 0.1) is 0 Å². The van der Waals surface area contributed by atoms with Crippen LogP contribution in [0.15, 0.2) is 59.3 Å². The first-order valence-electron chi connectivity index (χ1n) is 10.3. The van der Waals surface area contributed by atoms with Crippen molar-refractivity contribution in [2.75, 3.05) is 23.8 Å². The number of fused-ring (bicyclic) bond motifs is 1. The van der Waals surface area contributed by atoms with E-state index in [-0.39, 0.29) is 0 Å². The Morgan fingerprint density at radius 2 is 1.90 bits per heavy atom. The lowest BCUT2D eigenvalue weighted by molar-refractivity contribution is 0.0903. The summed E-state index contributed by atoms with van der Waals surface area (Å²) in [5, 5.41) is 11.2. The normalized spacial score (nSPS) is 14.6. The first-order valence-corrected chi connectivity index (χ1v) is 11.1. The molecule has 5 rings (SSSR count). The Bertz CT molecular complexity index is 1160. The average molecular weight is 480 g/mol. The zero-order chi connectivity index (χ0) is 21.0. The van der Waals surface area contributed by atoms with E-state index >= 15 is 0 Å². The van der Waals surface area contributed by atoms with Gasteiger partial charge in [0.05, 0.1) is 16.4 Å². The van der Waals surface area contributed by atoms with Crippen molar-refractivity contribution in [2.45, 2.75) is 25.4 Å². The van der Waals surface area contributed by atoms with Crippen LogP contribution >= 0.6 is 15.9 Å². The van der Waals surface area contributed by atoms with Gasteiger partial charge in [-0.2, -0.15) is 19.6 Å². The highest BCUT2D eigenvalue weighted by molar-refractivity contribution is 9.10. The highest BCUT2D eigenvalue weighted by Gasteiger charge is 2.17. The summed E-state index contributed by atoms with van der Waals surface area (Å²) >= 11 is 3.53. The second-order valence-corrected chi connectivity index (χ2v) is 8.25. The van der Waals surface area contributed by atoms with Crippen molar-refractivity contribution in [1.29, 1.82) is 0 Å². The maximum absolute atomic E-state index is 5.44. The summed E-state index contributed by atoms with van der Waals surface area (Å²) in [6.45, 7) is 2.13. The first kappa shape index (κ1) is 19.9. The molecule has 1 aromatic carbocycles. The Hall–Kier alpha value is -3.04. The minimum Gasteiger partial charge on any atom is -0.381 e. The second-order valence-electron chi connectivity index (χ2n) is 7.40. The third-order valence-corrected chi connectivity index (χ3v) is 5.80. The van der Waals surface area contributed by atoms with Crippen LogP contribution < -0.4 is 10.6 Å². The third-order valence-electron chi connectivity index (χ3n) is 5.24. The van der Waals surface area contributed by atoms with Crippen LogP contribution in [0.25, 0.3) is 16.9 Å². The van der Waals surface area contributed by atoms with Crippen molar-refractivity contribution >= 4 is 33.5 Å². The fourth-order valence-electron chi connectivity index (χ4n) is 3.56. The van der Waals surface area contributed by atoms with E-state index in [4.69, 9.17) is 4.74 Å². The Morgan fingerprint density at radius 3 is 2.68 bits per heavy atom. The van der Waals surface area contributed by atoms with E-state index in [9.17, 15) is 0 Å². The summed E-state index contributed by atoms with van der Waals surface area (Å²) in [6.07, 6.45) is 5.43. The van der Waals surface area contributed by atoms with Gasteiger partial charge in [-0.15, -0.1) is 0 Å². The molecule has 3 aromatic heterocycles. The molecule has 2 N–H and O–H groups in total. The summed E-state index contributed by atoms with van der Waals surface area (Å²) in [5.74, 6) is 1.23. The van der Waals surface area contributed by atoms with Crippen molar-refractivity contribution < 1.29 is 4.74 Å². The molecule has 0 aliphatic carbocycles. The van der Waals surface area contributed by atoms with E-state index in [1.807, 2.05) is 18.2 Å².